The molecule has 2 aliphatic rings. The van der Waals surface area contributed by atoms with E-state index < -0.39 is 6.04 Å². The van der Waals surface area contributed by atoms with Crippen molar-refractivity contribution in [3.63, 3.8) is 0 Å². The van der Waals surface area contributed by atoms with Gasteiger partial charge >= 0.3 is 6.03 Å². The number of piperazine rings is 1. The minimum absolute atomic E-state index is 0.199. The Morgan fingerprint density at radius 2 is 1.84 bits per heavy atom. The van der Waals surface area contributed by atoms with Gasteiger partial charge in [0.1, 0.15) is 6.04 Å². The van der Waals surface area contributed by atoms with Gasteiger partial charge in [0.15, 0.2) is 0 Å². The number of hydrogen-bond acceptors (Lipinski definition) is 5. The lowest BCUT2D eigenvalue weighted by Crippen LogP contribution is -2.62. The van der Waals surface area contributed by atoms with E-state index in [1.807, 2.05) is 36.0 Å². The highest BCUT2D eigenvalue weighted by atomic mass is 79.9. The summed E-state index contributed by atoms with van der Waals surface area (Å²) < 4.78 is 2.85. The predicted molar refractivity (Wildman–Crippen MR) is 175 cm³/mol. The van der Waals surface area contributed by atoms with Gasteiger partial charge < -0.3 is 20.1 Å². The Balaban J connectivity index is 1.30. The third-order valence-corrected chi connectivity index (χ3v) is 9.04. The lowest BCUT2D eigenvalue weighted by atomic mass is 9.95. The van der Waals surface area contributed by atoms with Crippen LogP contribution in [0.4, 0.5) is 10.5 Å². The van der Waals surface area contributed by atoms with Crippen molar-refractivity contribution in [3.8, 4) is 0 Å². The van der Waals surface area contributed by atoms with Crippen LogP contribution in [0.2, 0.25) is 10.0 Å². The largest absolute Gasteiger partial charge is 0.352 e. The summed E-state index contributed by atoms with van der Waals surface area (Å²) in [7, 11) is 0. The number of fused-ring (bicyclic) bond motifs is 2. The fraction of sp³-hybridized carbons (Fsp3) is 0.312. The first kappa shape index (κ1) is 30.6. The molecule has 0 bridgehead atoms. The van der Waals surface area contributed by atoms with Crippen LogP contribution in [0.5, 0.6) is 0 Å². The van der Waals surface area contributed by atoms with Crippen molar-refractivity contribution in [2.24, 2.45) is 0 Å². The number of imidazole rings is 1. The molecule has 44 heavy (non-hydrogen) atoms. The highest BCUT2D eigenvalue weighted by molar-refractivity contribution is 9.10. The van der Waals surface area contributed by atoms with Crippen molar-refractivity contribution in [1.82, 2.24) is 29.7 Å². The van der Waals surface area contributed by atoms with E-state index in [0.29, 0.717) is 48.5 Å². The van der Waals surface area contributed by atoms with Gasteiger partial charge in [0.05, 0.1) is 23.8 Å². The molecule has 3 amide bonds. The summed E-state index contributed by atoms with van der Waals surface area (Å²) in [6.45, 7) is 4.11. The summed E-state index contributed by atoms with van der Waals surface area (Å²) in [4.78, 5) is 40.5. The Bertz CT molecular complexity index is 1640. The van der Waals surface area contributed by atoms with Crippen LogP contribution in [0.3, 0.4) is 0 Å². The molecule has 6 rings (SSSR count). The third kappa shape index (κ3) is 6.78. The molecule has 1 aliphatic heterocycles. The van der Waals surface area contributed by atoms with Gasteiger partial charge in [-0.25, -0.2) is 9.78 Å². The summed E-state index contributed by atoms with van der Waals surface area (Å²) >= 11 is 16.2. The number of aryl methyl sites for hydroxylation is 3. The maximum atomic E-state index is 13.8. The standard InChI is InChI=1S/C32H32BrCl2N7O2/c1-20-17-40(19-38-20)10-9-36-31(43)28-18-41(11-12-42(28)32(44)39-26-4-2-3-24(34)15-26)30-27-8-7-25(35)14-21(27)5-6-22-13-23(33)16-37-29(22)30/h2-4,7-8,13-17,19,28,30H,5-6,9-12,18H2,1H3,(H,36,43)(H,39,44)/t28-,30?/m1/s1. The highest BCUT2D eigenvalue weighted by Gasteiger charge is 2.40. The Labute approximate surface area is 274 Å². The van der Waals surface area contributed by atoms with Gasteiger partial charge in [-0.05, 0) is 88.8 Å². The second kappa shape index (κ2) is 13.3. The number of halogens is 3. The first-order valence-corrected chi connectivity index (χ1v) is 16.1. The number of anilines is 1. The molecule has 9 nitrogen and oxygen atoms in total. The monoisotopic (exact) mass is 695 g/mol. The van der Waals surface area contributed by atoms with E-state index in [4.69, 9.17) is 28.2 Å². The smallest absolute Gasteiger partial charge is 0.322 e. The van der Waals surface area contributed by atoms with Crippen molar-refractivity contribution in [2.45, 2.75) is 38.4 Å². The van der Waals surface area contributed by atoms with Crippen LogP contribution in [0.25, 0.3) is 0 Å². The van der Waals surface area contributed by atoms with Crippen molar-refractivity contribution in [3.05, 3.63) is 110 Å². The molecule has 0 radical (unpaired) electrons. The Hall–Kier alpha value is -3.44. The first-order valence-electron chi connectivity index (χ1n) is 14.5. The molecular weight excluding hydrogens is 665 g/mol. The number of pyridine rings is 1. The van der Waals surface area contributed by atoms with E-state index in [2.05, 4.69) is 48.6 Å². The number of urea groups is 1. The second-order valence-corrected chi connectivity index (χ2v) is 12.9. The molecule has 4 aromatic rings. The lowest BCUT2D eigenvalue weighted by Gasteiger charge is -2.43. The van der Waals surface area contributed by atoms with Crippen molar-refractivity contribution < 1.29 is 9.59 Å². The van der Waals surface area contributed by atoms with Crippen LogP contribution in [-0.4, -0.2) is 68.5 Å². The normalized spacial score (nSPS) is 18.2. The molecule has 0 saturated carbocycles. The molecule has 2 aromatic carbocycles. The zero-order chi connectivity index (χ0) is 30.8. The molecule has 2 N–H and O–H groups in total. The zero-order valence-electron chi connectivity index (χ0n) is 24.1. The average molecular weight is 697 g/mol. The minimum atomic E-state index is -0.745. The number of hydrogen-bond donors (Lipinski definition) is 2. The van der Waals surface area contributed by atoms with Crippen LogP contribution in [0.1, 0.15) is 34.1 Å². The number of benzene rings is 2. The fourth-order valence-electron chi connectivity index (χ4n) is 6.07. The SMILES string of the molecule is Cc1cn(CCNC(=O)[C@H]2CN(C3c4ccc(Cl)cc4CCc4cc(Br)cnc43)CCN2C(=O)Nc2cccc(Cl)c2)cn1. The molecule has 0 spiro atoms. The minimum Gasteiger partial charge on any atom is -0.352 e. The van der Waals surface area contributed by atoms with E-state index in [0.717, 1.165) is 45.4 Å². The van der Waals surface area contributed by atoms with Crippen molar-refractivity contribution >= 4 is 56.8 Å². The topological polar surface area (TPSA) is 95.4 Å². The maximum absolute atomic E-state index is 13.8. The van der Waals surface area contributed by atoms with Crippen LogP contribution >= 0.6 is 39.1 Å². The van der Waals surface area contributed by atoms with Crippen LogP contribution in [0.15, 0.2) is 71.7 Å². The number of carbonyl (C=O) groups is 2. The van der Waals surface area contributed by atoms with Gasteiger partial charge in [-0.15, -0.1) is 0 Å². The van der Waals surface area contributed by atoms with Gasteiger partial charge in [-0.2, -0.15) is 0 Å². The molecule has 2 aromatic heterocycles. The maximum Gasteiger partial charge on any atom is 0.322 e. The quantitative estimate of drug-likeness (QED) is 0.263. The summed E-state index contributed by atoms with van der Waals surface area (Å²) in [6, 6.07) is 13.8. The van der Waals surface area contributed by atoms with E-state index >= 15 is 0 Å². The molecule has 3 heterocycles. The molecule has 1 fully saturated rings. The Morgan fingerprint density at radius 1 is 1.02 bits per heavy atom. The lowest BCUT2D eigenvalue weighted by molar-refractivity contribution is -0.127. The van der Waals surface area contributed by atoms with Gasteiger partial charge in [0.2, 0.25) is 5.91 Å². The van der Waals surface area contributed by atoms with Crippen molar-refractivity contribution in [1.29, 1.82) is 0 Å². The van der Waals surface area contributed by atoms with Gasteiger partial charge in [0, 0.05) is 65.3 Å². The summed E-state index contributed by atoms with van der Waals surface area (Å²) in [5, 5.41) is 7.20. The number of nitrogens with zero attached hydrogens (tertiary/aromatic N) is 5. The molecule has 2 atom stereocenters. The van der Waals surface area contributed by atoms with Gasteiger partial charge in [-0.1, -0.05) is 35.3 Å². The Kier molecular flexibility index (Phi) is 9.23. The first-order chi connectivity index (χ1) is 21.2. The Morgan fingerprint density at radius 3 is 2.64 bits per heavy atom. The predicted octanol–water partition coefficient (Wildman–Crippen LogP) is 5.88. The molecular formula is C32H32BrCl2N7O2. The molecule has 1 saturated heterocycles. The molecule has 228 valence electrons. The molecule has 1 aliphatic carbocycles. The molecule has 12 heteroatoms. The highest BCUT2D eigenvalue weighted by Crippen LogP contribution is 2.38. The van der Waals surface area contributed by atoms with E-state index in [9.17, 15) is 9.59 Å². The van der Waals surface area contributed by atoms with Crippen LogP contribution < -0.4 is 10.6 Å². The van der Waals surface area contributed by atoms with Crippen LogP contribution in [0, 0.1) is 6.92 Å². The van der Waals surface area contributed by atoms with Gasteiger partial charge in [-0.3, -0.25) is 14.7 Å². The number of rotatable bonds is 6. The zero-order valence-corrected chi connectivity index (χ0v) is 27.2. The van der Waals surface area contributed by atoms with E-state index in [-0.39, 0.29) is 18.0 Å². The number of nitrogens with one attached hydrogen (secondary N) is 2. The summed E-state index contributed by atoms with van der Waals surface area (Å²) in [5.74, 6) is -0.221. The van der Waals surface area contributed by atoms with E-state index in [1.54, 1.807) is 35.5 Å². The van der Waals surface area contributed by atoms with E-state index in [1.165, 1.54) is 0 Å². The number of aromatic nitrogens is 3. The fourth-order valence-corrected chi connectivity index (χ4v) is 6.83. The second-order valence-electron chi connectivity index (χ2n) is 11.1. The summed E-state index contributed by atoms with van der Waals surface area (Å²) in [6.07, 6.45) is 7.15. The number of amides is 3. The third-order valence-electron chi connectivity index (χ3n) is 8.14. The number of carbonyl (C=O) groups excluding carboxylic acids is 2. The van der Waals surface area contributed by atoms with Gasteiger partial charge in [0.25, 0.3) is 0 Å². The average Bonchev–Trinajstić information content (AvgIpc) is 3.35. The van der Waals surface area contributed by atoms with Crippen LogP contribution in [-0.2, 0) is 24.2 Å². The van der Waals surface area contributed by atoms with Crippen molar-refractivity contribution in [2.75, 3.05) is 31.5 Å². The summed E-state index contributed by atoms with van der Waals surface area (Å²) in [5.41, 5.74) is 5.87. The molecule has 1 unspecified atom stereocenters.